The van der Waals surface area contributed by atoms with Gasteiger partial charge in [0.2, 0.25) is 11.8 Å². The Bertz CT molecular complexity index is 716. The van der Waals surface area contributed by atoms with Crippen molar-refractivity contribution in [2.75, 3.05) is 5.32 Å². The summed E-state index contributed by atoms with van der Waals surface area (Å²) in [4.78, 5) is 14.8. The normalized spacial score (nSPS) is 12.8. The monoisotopic (exact) mass is 336 g/mol. The summed E-state index contributed by atoms with van der Waals surface area (Å²) in [5.74, 6) is -5.22. The molecule has 1 amide bonds. The van der Waals surface area contributed by atoms with Gasteiger partial charge in [-0.05, 0) is 19.1 Å². The van der Waals surface area contributed by atoms with Gasteiger partial charge in [0.25, 0.3) is 5.91 Å². The Kier molecular flexibility index (Phi) is 4.48. The molecular weight excluding hydrogens is 327 g/mol. The van der Waals surface area contributed by atoms with Gasteiger partial charge in [0.1, 0.15) is 5.75 Å². The number of ether oxygens (including phenoxy) is 1. The van der Waals surface area contributed by atoms with E-state index in [2.05, 4.69) is 10.1 Å². The van der Waals surface area contributed by atoms with Crippen molar-refractivity contribution in [3.05, 3.63) is 35.7 Å². The number of benzene rings is 1. The highest BCUT2D eigenvalue weighted by atomic mass is 19.4. The van der Waals surface area contributed by atoms with E-state index in [9.17, 15) is 26.7 Å². The van der Waals surface area contributed by atoms with Gasteiger partial charge in [0.15, 0.2) is 17.7 Å². The Hall–Kier alpha value is -2.72. The van der Waals surface area contributed by atoms with Gasteiger partial charge in [-0.3, -0.25) is 15.2 Å². The van der Waals surface area contributed by atoms with E-state index in [1.807, 2.05) is 5.32 Å². The minimum atomic E-state index is -4.73. The zero-order valence-electron chi connectivity index (χ0n) is 11.4. The predicted molar refractivity (Wildman–Crippen MR) is 66.5 cm³/mol. The largest absolute Gasteiger partial charge is 0.481 e. The minimum Gasteiger partial charge on any atom is -0.481 e. The fraction of sp³-hybridized carbons (Fsp3) is 0.250. The van der Waals surface area contributed by atoms with Crippen molar-refractivity contribution in [2.45, 2.75) is 19.2 Å². The van der Waals surface area contributed by atoms with Crippen molar-refractivity contribution < 1.29 is 31.5 Å². The third-order valence-corrected chi connectivity index (χ3v) is 2.56. The molecule has 1 heterocycles. The summed E-state index contributed by atoms with van der Waals surface area (Å²) in [5.41, 5.74) is 0. The van der Waals surface area contributed by atoms with Crippen LogP contribution in [0.5, 0.6) is 5.75 Å². The predicted octanol–water partition coefficient (Wildman–Crippen LogP) is 2.51. The van der Waals surface area contributed by atoms with E-state index in [0.717, 1.165) is 18.2 Å². The molecule has 124 valence electrons. The highest BCUT2D eigenvalue weighted by Crippen LogP contribution is 2.26. The number of anilines is 1. The zero-order chi connectivity index (χ0) is 17.2. The van der Waals surface area contributed by atoms with E-state index in [-0.39, 0.29) is 5.75 Å². The molecule has 0 bridgehead atoms. The van der Waals surface area contributed by atoms with Crippen LogP contribution < -0.4 is 10.1 Å². The Morgan fingerprint density at radius 2 is 2.00 bits per heavy atom. The van der Waals surface area contributed by atoms with Crippen LogP contribution in [0.25, 0.3) is 0 Å². The number of aromatic amines is 1. The fourth-order valence-electron chi connectivity index (χ4n) is 1.46. The number of nitrogens with one attached hydrogen (secondary N) is 2. The first-order chi connectivity index (χ1) is 10.7. The lowest BCUT2D eigenvalue weighted by atomic mass is 10.3. The van der Waals surface area contributed by atoms with E-state index >= 15 is 0 Å². The molecule has 1 atom stereocenters. The maximum Gasteiger partial charge on any atom is 0.451 e. The van der Waals surface area contributed by atoms with Crippen molar-refractivity contribution in [1.82, 2.24) is 15.2 Å². The molecule has 2 aromatic rings. The van der Waals surface area contributed by atoms with Crippen LogP contribution in [-0.4, -0.2) is 27.2 Å². The third-order valence-electron chi connectivity index (χ3n) is 2.56. The number of hydrogen-bond donors (Lipinski definition) is 2. The van der Waals surface area contributed by atoms with E-state index in [4.69, 9.17) is 4.74 Å². The number of rotatable bonds is 4. The molecule has 2 rings (SSSR count). The Balaban J connectivity index is 1.99. The first kappa shape index (κ1) is 16.6. The van der Waals surface area contributed by atoms with Crippen LogP contribution in [0.4, 0.5) is 27.9 Å². The van der Waals surface area contributed by atoms with E-state index in [1.165, 1.54) is 6.92 Å². The van der Waals surface area contributed by atoms with Gasteiger partial charge in [-0.15, -0.1) is 5.10 Å². The molecule has 0 aliphatic rings. The standard InChI is InChI=1S/C12H9F5N4O2/c1-5(23-6-2-3-7(13)8(14)4-6)9(22)18-11-19-10(20-21-11)12(15,16)17/h2-5H,1H3,(H2,18,19,20,21,22). The highest BCUT2D eigenvalue weighted by Gasteiger charge is 2.35. The zero-order valence-corrected chi connectivity index (χ0v) is 11.4. The summed E-state index contributed by atoms with van der Waals surface area (Å²) < 4.78 is 67.8. The van der Waals surface area contributed by atoms with Crippen molar-refractivity contribution in [1.29, 1.82) is 0 Å². The number of carbonyl (C=O) groups excluding carboxylic acids is 1. The average molecular weight is 336 g/mol. The lowest BCUT2D eigenvalue weighted by Gasteiger charge is -2.13. The lowest BCUT2D eigenvalue weighted by Crippen LogP contribution is -2.30. The molecule has 0 spiro atoms. The summed E-state index contributed by atoms with van der Waals surface area (Å²) in [5, 5.41) is 6.80. The van der Waals surface area contributed by atoms with Crippen LogP contribution >= 0.6 is 0 Å². The second kappa shape index (κ2) is 6.18. The van der Waals surface area contributed by atoms with Crippen LogP contribution in [0.2, 0.25) is 0 Å². The molecule has 1 unspecified atom stereocenters. The molecule has 2 N–H and O–H groups in total. The van der Waals surface area contributed by atoms with Gasteiger partial charge >= 0.3 is 6.18 Å². The maximum absolute atomic E-state index is 13.0. The average Bonchev–Trinajstić information content (AvgIpc) is 2.91. The van der Waals surface area contributed by atoms with Gasteiger partial charge in [-0.25, -0.2) is 8.78 Å². The van der Waals surface area contributed by atoms with Gasteiger partial charge in [-0.1, -0.05) is 0 Å². The van der Waals surface area contributed by atoms with Gasteiger partial charge in [0.05, 0.1) is 0 Å². The molecule has 1 aromatic carbocycles. The Morgan fingerprint density at radius 3 is 2.57 bits per heavy atom. The van der Waals surface area contributed by atoms with Crippen molar-refractivity contribution >= 4 is 11.9 Å². The first-order valence-electron chi connectivity index (χ1n) is 6.09. The molecule has 1 aromatic heterocycles. The molecule has 6 nitrogen and oxygen atoms in total. The number of alkyl halides is 3. The number of amides is 1. The number of nitrogens with zero attached hydrogens (tertiary/aromatic N) is 2. The highest BCUT2D eigenvalue weighted by molar-refractivity contribution is 5.92. The summed E-state index contributed by atoms with van der Waals surface area (Å²) >= 11 is 0. The quantitative estimate of drug-likeness (QED) is 0.841. The summed E-state index contributed by atoms with van der Waals surface area (Å²) in [6.45, 7) is 1.26. The molecule has 0 aliphatic heterocycles. The molecule has 23 heavy (non-hydrogen) atoms. The van der Waals surface area contributed by atoms with Crippen LogP contribution in [0, 0.1) is 11.6 Å². The maximum atomic E-state index is 13.0. The van der Waals surface area contributed by atoms with E-state index < -0.39 is 41.6 Å². The molecule has 0 aliphatic carbocycles. The number of aromatic nitrogens is 3. The van der Waals surface area contributed by atoms with Gasteiger partial charge < -0.3 is 4.74 Å². The SMILES string of the molecule is CC(Oc1ccc(F)c(F)c1)C(=O)Nc1n[nH]c(C(F)(F)F)n1. The summed E-state index contributed by atoms with van der Waals surface area (Å²) in [7, 11) is 0. The number of H-pyrrole nitrogens is 1. The second-order valence-corrected chi connectivity index (χ2v) is 4.33. The Morgan fingerprint density at radius 1 is 1.30 bits per heavy atom. The summed E-state index contributed by atoms with van der Waals surface area (Å²) in [6.07, 6.45) is -5.95. The van der Waals surface area contributed by atoms with Crippen LogP contribution in [0.3, 0.4) is 0 Å². The van der Waals surface area contributed by atoms with Crippen LogP contribution in [0.15, 0.2) is 18.2 Å². The fourth-order valence-corrected chi connectivity index (χ4v) is 1.46. The van der Waals surface area contributed by atoms with E-state index in [0.29, 0.717) is 0 Å². The topological polar surface area (TPSA) is 79.9 Å². The van der Waals surface area contributed by atoms with Crippen LogP contribution in [-0.2, 0) is 11.0 Å². The molecular formula is C12H9F5N4O2. The molecule has 0 fully saturated rings. The van der Waals surface area contributed by atoms with Crippen molar-refractivity contribution in [3.8, 4) is 5.75 Å². The lowest BCUT2D eigenvalue weighted by molar-refractivity contribution is -0.144. The van der Waals surface area contributed by atoms with Gasteiger partial charge in [-0.2, -0.15) is 18.2 Å². The Labute approximate surface area is 125 Å². The molecule has 0 radical (unpaired) electrons. The van der Waals surface area contributed by atoms with Crippen molar-refractivity contribution in [3.63, 3.8) is 0 Å². The molecule has 0 saturated carbocycles. The van der Waals surface area contributed by atoms with Crippen molar-refractivity contribution in [2.24, 2.45) is 0 Å². The number of halogens is 5. The first-order valence-corrected chi connectivity index (χ1v) is 6.09. The smallest absolute Gasteiger partial charge is 0.451 e. The van der Waals surface area contributed by atoms with E-state index in [1.54, 1.807) is 5.10 Å². The second-order valence-electron chi connectivity index (χ2n) is 4.33. The number of carbonyl (C=O) groups is 1. The third kappa shape index (κ3) is 4.14. The number of hydrogen-bond acceptors (Lipinski definition) is 4. The van der Waals surface area contributed by atoms with Gasteiger partial charge in [0, 0.05) is 6.07 Å². The minimum absolute atomic E-state index is 0.127. The summed E-state index contributed by atoms with van der Waals surface area (Å²) in [6, 6.07) is 2.63. The van der Waals surface area contributed by atoms with Crippen LogP contribution in [0.1, 0.15) is 12.7 Å². The molecule has 11 heteroatoms. The molecule has 0 saturated heterocycles.